The van der Waals surface area contributed by atoms with E-state index in [1.807, 2.05) is 42.5 Å². The summed E-state index contributed by atoms with van der Waals surface area (Å²) in [6, 6.07) is 18.3. The Morgan fingerprint density at radius 3 is 2.12 bits per heavy atom. The van der Waals surface area contributed by atoms with Crippen LogP contribution >= 0.6 is 0 Å². The van der Waals surface area contributed by atoms with Crippen LogP contribution < -0.4 is 4.74 Å². The highest BCUT2D eigenvalue weighted by molar-refractivity contribution is 6.74. The van der Waals surface area contributed by atoms with Gasteiger partial charge in [0.25, 0.3) is 0 Å². The molecule has 2 aromatic carbocycles. The topological polar surface area (TPSA) is 18.5 Å². The molecule has 0 atom stereocenters. The number of ether oxygens (including phenoxy) is 1. The van der Waals surface area contributed by atoms with Crippen LogP contribution in [0.5, 0.6) is 5.75 Å². The zero-order chi connectivity index (χ0) is 18.5. The molecule has 0 saturated heterocycles. The van der Waals surface area contributed by atoms with E-state index in [9.17, 15) is 0 Å². The zero-order valence-corrected chi connectivity index (χ0v) is 17.1. The van der Waals surface area contributed by atoms with Crippen molar-refractivity contribution in [3.8, 4) is 5.75 Å². The van der Waals surface area contributed by atoms with Gasteiger partial charge in [-0.25, -0.2) is 0 Å². The van der Waals surface area contributed by atoms with Crippen LogP contribution in [0.2, 0.25) is 18.1 Å². The van der Waals surface area contributed by atoms with Crippen LogP contribution in [-0.4, -0.2) is 14.9 Å². The molecule has 3 heteroatoms. The lowest BCUT2D eigenvalue weighted by Gasteiger charge is -2.36. The van der Waals surface area contributed by atoms with Crippen LogP contribution in [0, 0.1) is 0 Å². The molecule has 2 rings (SSSR count). The van der Waals surface area contributed by atoms with Crippen molar-refractivity contribution in [2.75, 3.05) is 6.61 Å². The fraction of sp³-hybridized carbons (Fsp3) is 0.364. The van der Waals surface area contributed by atoms with E-state index in [-0.39, 0.29) is 5.04 Å². The molecule has 25 heavy (non-hydrogen) atoms. The van der Waals surface area contributed by atoms with Crippen LogP contribution in [0.4, 0.5) is 0 Å². The number of hydrogen-bond donors (Lipinski definition) is 0. The minimum Gasteiger partial charge on any atom is -0.489 e. The van der Waals surface area contributed by atoms with E-state index in [1.165, 1.54) is 5.56 Å². The van der Waals surface area contributed by atoms with Crippen molar-refractivity contribution in [2.45, 2.75) is 45.5 Å². The largest absolute Gasteiger partial charge is 0.489 e. The molecule has 0 aromatic heterocycles. The molecule has 2 aromatic rings. The molecule has 0 fully saturated rings. The third-order valence-electron chi connectivity index (χ3n) is 4.92. The molecule has 0 unspecified atom stereocenters. The maximum Gasteiger partial charge on any atom is 0.192 e. The molecule has 0 heterocycles. The van der Waals surface area contributed by atoms with Crippen LogP contribution in [0.3, 0.4) is 0 Å². The quantitative estimate of drug-likeness (QED) is 0.543. The predicted octanol–water partition coefficient (Wildman–Crippen LogP) is 6.30. The molecular weight excluding hydrogens is 324 g/mol. The maximum absolute atomic E-state index is 6.26. The Bertz CT molecular complexity index is 682. The van der Waals surface area contributed by atoms with Crippen molar-refractivity contribution in [1.82, 2.24) is 0 Å². The van der Waals surface area contributed by atoms with Crippen molar-refractivity contribution in [2.24, 2.45) is 0 Å². The summed E-state index contributed by atoms with van der Waals surface area (Å²) in [5.41, 5.74) is 3.27. The average Bonchev–Trinajstić information content (AvgIpc) is 2.58. The molecule has 0 aliphatic heterocycles. The molecular formula is C22H30O2Si. The highest BCUT2D eigenvalue weighted by atomic mass is 28.4. The summed E-state index contributed by atoms with van der Waals surface area (Å²) < 4.78 is 12.1. The summed E-state index contributed by atoms with van der Waals surface area (Å²) in [5.74, 6) is 0.855. The van der Waals surface area contributed by atoms with Crippen molar-refractivity contribution in [3.63, 3.8) is 0 Å². The number of rotatable bonds is 7. The Hall–Kier alpha value is -1.84. The van der Waals surface area contributed by atoms with Gasteiger partial charge in [0.1, 0.15) is 12.4 Å². The third-order valence-corrected chi connectivity index (χ3v) is 9.40. The van der Waals surface area contributed by atoms with E-state index in [0.29, 0.717) is 13.2 Å². The molecule has 0 spiro atoms. The molecule has 0 aliphatic carbocycles. The van der Waals surface area contributed by atoms with E-state index >= 15 is 0 Å². The SMILES string of the molecule is C=C(COc1ccc(CO[Si](C)(C)C(C)(C)C)cc1)c1ccccc1. The molecule has 0 radical (unpaired) electrons. The summed E-state index contributed by atoms with van der Waals surface area (Å²) in [6.07, 6.45) is 0. The van der Waals surface area contributed by atoms with Crippen LogP contribution in [0.1, 0.15) is 31.9 Å². The fourth-order valence-corrected chi connectivity index (χ4v) is 3.05. The van der Waals surface area contributed by atoms with Crippen molar-refractivity contribution >= 4 is 13.9 Å². The third kappa shape index (κ3) is 5.58. The van der Waals surface area contributed by atoms with Gasteiger partial charge in [-0.1, -0.05) is 69.8 Å². The first-order chi connectivity index (χ1) is 11.7. The lowest BCUT2D eigenvalue weighted by Crippen LogP contribution is -2.40. The van der Waals surface area contributed by atoms with Gasteiger partial charge in [-0.2, -0.15) is 0 Å². The van der Waals surface area contributed by atoms with Crippen LogP contribution in [-0.2, 0) is 11.0 Å². The zero-order valence-electron chi connectivity index (χ0n) is 16.1. The summed E-state index contributed by atoms with van der Waals surface area (Å²) in [6.45, 7) is 16.6. The van der Waals surface area contributed by atoms with Gasteiger partial charge in [0, 0.05) is 0 Å². The summed E-state index contributed by atoms with van der Waals surface area (Å²) in [4.78, 5) is 0. The Morgan fingerprint density at radius 1 is 0.960 bits per heavy atom. The first kappa shape index (κ1) is 19.5. The van der Waals surface area contributed by atoms with Gasteiger partial charge in [0.2, 0.25) is 0 Å². The molecule has 0 bridgehead atoms. The van der Waals surface area contributed by atoms with Gasteiger partial charge in [-0.3, -0.25) is 0 Å². The minimum atomic E-state index is -1.71. The first-order valence-electron chi connectivity index (χ1n) is 8.78. The highest BCUT2D eigenvalue weighted by Crippen LogP contribution is 2.37. The van der Waals surface area contributed by atoms with E-state index in [1.54, 1.807) is 0 Å². The summed E-state index contributed by atoms with van der Waals surface area (Å²) in [5, 5.41) is 0.230. The number of hydrogen-bond acceptors (Lipinski definition) is 2. The second-order valence-electron chi connectivity index (χ2n) is 7.95. The number of benzene rings is 2. The lowest BCUT2D eigenvalue weighted by molar-refractivity contribution is 0.276. The van der Waals surface area contributed by atoms with Crippen molar-refractivity contribution in [1.29, 1.82) is 0 Å². The van der Waals surface area contributed by atoms with E-state index in [4.69, 9.17) is 9.16 Å². The van der Waals surface area contributed by atoms with Gasteiger partial charge in [0.05, 0.1) is 6.61 Å². The van der Waals surface area contributed by atoms with Crippen molar-refractivity contribution < 1.29 is 9.16 Å². The molecule has 0 N–H and O–H groups in total. The summed E-state index contributed by atoms with van der Waals surface area (Å²) in [7, 11) is -1.71. The van der Waals surface area contributed by atoms with Crippen LogP contribution in [0.15, 0.2) is 61.2 Å². The monoisotopic (exact) mass is 354 g/mol. The lowest BCUT2D eigenvalue weighted by atomic mass is 10.1. The minimum absolute atomic E-state index is 0.230. The standard InChI is InChI=1S/C22H30O2Si/c1-18(20-10-8-7-9-11-20)16-23-21-14-12-19(13-15-21)17-24-25(5,6)22(2,3)4/h7-15H,1,16-17H2,2-6H3. The highest BCUT2D eigenvalue weighted by Gasteiger charge is 2.36. The van der Waals surface area contributed by atoms with E-state index in [0.717, 1.165) is 16.9 Å². The summed E-state index contributed by atoms with van der Waals surface area (Å²) >= 11 is 0. The molecule has 134 valence electrons. The van der Waals surface area contributed by atoms with Gasteiger partial charge in [-0.05, 0) is 47.0 Å². The Balaban J connectivity index is 1.87. The second-order valence-corrected chi connectivity index (χ2v) is 12.8. The molecule has 0 saturated carbocycles. The van der Waals surface area contributed by atoms with Gasteiger partial charge < -0.3 is 9.16 Å². The first-order valence-corrected chi connectivity index (χ1v) is 11.7. The van der Waals surface area contributed by atoms with Gasteiger partial charge >= 0.3 is 0 Å². The van der Waals surface area contributed by atoms with Gasteiger partial charge in [-0.15, -0.1) is 0 Å². The Kier molecular flexibility index (Phi) is 6.25. The normalized spacial score (nSPS) is 12.0. The van der Waals surface area contributed by atoms with Crippen molar-refractivity contribution in [3.05, 3.63) is 72.3 Å². The maximum atomic E-state index is 6.26. The Labute approximate surface area is 153 Å². The molecule has 2 nitrogen and oxygen atoms in total. The second kappa shape index (κ2) is 8.02. The smallest absolute Gasteiger partial charge is 0.192 e. The fourth-order valence-electron chi connectivity index (χ4n) is 2.09. The van der Waals surface area contributed by atoms with Gasteiger partial charge in [0.15, 0.2) is 8.32 Å². The predicted molar refractivity (Wildman–Crippen MR) is 109 cm³/mol. The molecule has 0 aliphatic rings. The average molecular weight is 355 g/mol. The Morgan fingerprint density at radius 2 is 1.56 bits per heavy atom. The van der Waals surface area contributed by atoms with E-state index in [2.05, 4.69) is 52.6 Å². The molecule has 0 amide bonds. The van der Waals surface area contributed by atoms with Crippen LogP contribution in [0.25, 0.3) is 5.57 Å². The van der Waals surface area contributed by atoms with E-state index < -0.39 is 8.32 Å².